The van der Waals surface area contributed by atoms with Crippen LogP contribution in [-0.2, 0) is 9.59 Å². The summed E-state index contributed by atoms with van der Waals surface area (Å²) in [6.45, 7) is 8.35. The van der Waals surface area contributed by atoms with Crippen molar-refractivity contribution in [1.29, 1.82) is 0 Å². The number of carboxylic acid groups (broad SMARTS) is 1. The zero-order valence-electron chi connectivity index (χ0n) is 10.5. The third-order valence-corrected chi connectivity index (χ3v) is 2.14. The first-order valence-electron chi connectivity index (χ1n) is 5.58. The molecule has 16 heavy (non-hydrogen) atoms. The Morgan fingerprint density at radius 2 is 1.81 bits per heavy atom. The van der Waals surface area contributed by atoms with Crippen molar-refractivity contribution >= 4 is 11.9 Å². The maximum absolute atomic E-state index is 11.5. The predicted molar refractivity (Wildman–Crippen MR) is 62.2 cm³/mol. The number of rotatable bonds is 7. The minimum atomic E-state index is -0.838. The summed E-state index contributed by atoms with van der Waals surface area (Å²) in [6, 6.07) is 0.276. The van der Waals surface area contributed by atoms with Crippen molar-refractivity contribution in [1.82, 2.24) is 10.2 Å². The van der Waals surface area contributed by atoms with E-state index in [9.17, 15) is 9.59 Å². The molecule has 0 unspecified atom stereocenters. The largest absolute Gasteiger partial charge is 0.481 e. The lowest BCUT2D eigenvalue weighted by atomic mass is 10.2. The normalized spacial score (nSPS) is 11.2. The Morgan fingerprint density at radius 3 is 2.19 bits per heavy atom. The molecule has 94 valence electrons. The van der Waals surface area contributed by atoms with Crippen LogP contribution < -0.4 is 5.32 Å². The van der Waals surface area contributed by atoms with Crippen LogP contribution in [0.15, 0.2) is 0 Å². The van der Waals surface area contributed by atoms with Gasteiger partial charge in [0.25, 0.3) is 0 Å². The van der Waals surface area contributed by atoms with E-state index in [2.05, 4.69) is 5.32 Å². The van der Waals surface area contributed by atoms with Gasteiger partial charge in [0.1, 0.15) is 0 Å². The summed E-state index contributed by atoms with van der Waals surface area (Å²) in [7, 11) is 0. The van der Waals surface area contributed by atoms with E-state index >= 15 is 0 Å². The molecule has 0 aromatic heterocycles. The van der Waals surface area contributed by atoms with E-state index < -0.39 is 5.97 Å². The molecule has 0 rings (SSSR count). The number of nitrogens with zero attached hydrogens (tertiary/aromatic N) is 1. The van der Waals surface area contributed by atoms with Crippen molar-refractivity contribution in [3.63, 3.8) is 0 Å². The standard InChI is InChI=1S/C11H22N2O3/c1-8(2)12-10(14)7-13(9(3)4)6-5-11(15)16/h8-9H,5-7H2,1-4H3,(H,12,14)(H,15,16). The molecule has 2 N–H and O–H groups in total. The highest BCUT2D eigenvalue weighted by Crippen LogP contribution is 1.99. The van der Waals surface area contributed by atoms with Gasteiger partial charge in [0.2, 0.25) is 5.91 Å². The van der Waals surface area contributed by atoms with Crippen molar-refractivity contribution in [3.05, 3.63) is 0 Å². The number of carbonyl (C=O) groups is 2. The van der Waals surface area contributed by atoms with Gasteiger partial charge in [0.15, 0.2) is 0 Å². The fraction of sp³-hybridized carbons (Fsp3) is 0.818. The van der Waals surface area contributed by atoms with Crippen LogP contribution >= 0.6 is 0 Å². The molecule has 0 heterocycles. The molecule has 0 aromatic rings. The van der Waals surface area contributed by atoms with Crippen LogP contribution in [-0.4, -0.2) is 47.1 Å². The van der Waals surface area contributed by atoms with Gasteiger partial charge in [-0.05, 0) is 27.7 Å². The molecule has 0 aromatic carbocycles. The molecule has 0 saturated heterocycles. The van der Waals surface area contributed by atoms with Gasteiger partial charge in [-0.25, -0.2) is 0 Å². The average molecular weight is 230 g/mol. The molecule has 0 saturated carbocycles. The Labute approximate surface area is 96.8 Å². The van der Waals surface area contributed by atoms with Gasteiger partial charge in [0.05, 0.1) is 13.0 Å². The number of amides is 1. The van der Waals surface area contributed by atoms with Gasteiger partial charge < -0.3 is 10.4 Å². The number of hydrogen-bond donors (Lipinski definition) is 2. The quantitative estimate of drug-likeness (QED) is 0.675. The van der Waals surface area contributed by atoms with Crippen molar-refractivity contribution in [2.75, 3.05) is 13.1 Å². The Morgan fingerprint density at radius 1 is 1.25 bits per heavy atom. The second kappa shape index (κ2) is 7.22. The summed E-state index contributed by atoms with van der Waals surface area (Å²) >= 11 is 0. The van der Waals surface area contributed by atoms with Gasteiger partial charge in [-0.15, -0.1) is 0 Å². The Bertz CT molecular complexity index is 239. The number of carboxylic acids is 1. The second-order valence-corrected chi connectivity index (χ2v) is 4.43. The molecule has 0 fully saturated rings. The van der Waals surface area contributed by atoms with Gasteiger partial charge >= 0.3 is 5.97 Å². The van der Waals surface area contributed by atoms with Gasteiger partial charge in [-0.1, -0.05) is 0 Å². The molecule has 0 aliphatic carbocycles. The van der Waals surface area contributed by atoms with Crippen LogP contribution in [0.3, 0.4) is 0 Å². The third kappa shape index (κ3) is 7.23. The van der Waals surface area contributed by atoms with E-state index in [1.54, 1.807) is 0 Å². The summed E-state index contributed by atoms with van der Waals surface area (Å²) in [5.74, 6) is -0.899. The third-order valence-electron chi connectivity index (χ3n) is 2.14. The number of aliphatic carboxylic acids is 1. The van der Waals surface area contributed by atoms with Crippen LogP contribution in [0, 0.1) is 0 Å². The first-order valence-corrected chi connectivity index (χ1v) is 5.58. The minimum Gasteiger partial charge on any atom is -0.481 e. The average Bonchev–Trinajstić information content (AvgIpc) is 2.09. The summed E-state index contributed by atoms with van der Waals surface area (Å²) in [5, 5.41) is 11.4. The maximum atomic E-state index is 11.5. The zero-order valence-corrected chi connectivity index (χ0v) is 10.5. The van der Waals surface area contributed by atoms with E-state index in [0.717, 1.165) is 0 Å². The van der Waals surface area contributed by atoms with Crippen LogP contribution in [0.4, 0.5) is 0 Å². The molecular weight excluding hydrogens is 208 g/mol. The first kappa shape index (κ1) is 14.9. The lowest BCUT2D eigenvalue weighted by Gasteiger charge is -2.25. The summed E-state index contributed by atoms with van der Waals surface area (Å²) in [5.41, 5.74) is 0. The molecule has 0 bridgehead atoms. The SMILES string of the molecule is CC(C)NC(=O)CN(CCC(=O)O)C(C)C. The van der Waals surface area contributed by atoms with Crippen LogP contribution in [0.5, 0.6) is 0 Å². The molecular formula is C11H22N2O3. The Balaban J connectivity index is 4.12. The Hall–Kier alpha value is -1.10. The fourth-order valence-electron chi connectivity index (χ4n) is 1.31. The molecule has 0 atom stereocenters. The summed E-state index contributed by atoms with van der Waals surface area (Å²) in [6.07, 6.45) is 0.0626. The molecule has 0 aliphatic rings. The monoisotopic (exact) mass is 230 g/mol. The van der Waals surface area contributed by atoms with E-state index in [1.807, 2.05) is 32.6 Å². The number of nitrogens with one attached hydrogen (secondary N) is 1. The van der Waals surface area contributed by atoms with Gasteiger partial charge in [-0.3, -0.25) is 14.5 Å². The van der Waals surface area contributed by atoms with Crippen LogP contribution in [0.25, 0.3) is 0 Å². The molecule has 5 nitrogen and oxygen atoms in total. The van der Waals surface area contributed by atoms with E-state index in [0.29, 0.717) is 6.54 Å². The smallest absolute Gasteiger partial charge is 0.304 e. The minimum absolute atomic E-state index is 0.0610. The highest BCUT2D eigenvalue weighted by Gasteiger charge is 2.15. The highest BCUT2D eigenvalue weighted by atomic mass is 16.4. The van der Waals surface area contributed by atoms with Crippen molar-refractivity contribution in [3.8, 4) is 0 Å². The van der Waals surface area contributed by atoms with Gasteiger partial charge in [-0.2, -0.15) is 0 Å². The van der Waals surface area contributed by atoms with Crippen molar-refractivity contribution in [2.45, 2.75) is 46.2 Å². The van der Waals surface area contributed by atoms with E-state index in [4.69, 9.17) is 5.11 Å². The second-order valence-electron chi connectivity index (χ2n) is 4.43. The van der Waals surface area contributed by atoms with E-state index in [1.165, 1.54) is 0 Å². The summed E-state index contributed by atoms with van der Waals surface area (Å²) in [4.78, 5) is 23.8. The molecule has 0 radical (unpaired) electrons. The van der Waals surface area contributed by atoms with E-state index in [-0.39, 0.29) is 31.0 Å². The van der Waals surface area contributed by atoms with Crippen LogP contribution in [0.2, 0.25) is 0 Å². The molecule has 5 heteroatoms. The highest BCUT2D eigenvalue weighted by molar-refractivity contribution is 5.78. The number of hydrogen-bond acceptors (Lipinski definition) is 3. The molecule has 1 amide bonds. The number of carbonyl (C=O) groups excluding carboxylic acids is 1. The predicted octanol–water partition coefficient (Wildman–Crippen LogP) is 0.696. The zero-order chi connectivity index (χ0) is 12.7. The topological polar surface area (TPSA) is 69.6 Å². The van der Waals surface area contributed by atoms with Crippen LogP contribution in [0.1, 0.15) is 34.1 Å². The fourth-order valence-corrected chi connectivity index (χ4v) is 1.31. The van der Waals surface area contributed by atoms with Crippen molar-refractivity contribution in [2.24, 2.45) is 0 Å². The molecule has 0 aliphatic heterocycles. The Kier molecular flexibility index (Phi) is 6.72. The first-order chi connectivity index (χ1) is 7.32. The maximum Gasteiger partial charge on any atom is 0.304 e. The van der Waals surface area contributed by atoms with Crippen molar-refractivity contribution < 1.29 is 14.7 Å². The summed E-state index contributed by atoms with van der Waals surface area (Å²) < 4.78 is 0. The van der Waals surface area contributed by atoms with Gasteiger partial charge in [0, 0.05) is 18.6 Å². The lowest BCUT2D eigenvalue weighted by molar-refractivity contribution is -0.138. The lowest BCUT2D eigenvalue weighted by Crippen LogP contribution is -2.43. The molecule has 0 spiro atoms.